The van der Waals surface area contributed by atoms with Gasteiger partial charge in [0.15, 0.2) is 0 Å². The maximum Gasteiger partial charge on any atom is 0.138 e. The van der Waals surface area contributed by atoms with Crippen molar-refractivity contribution >= 4 is 22.1 Å². The summed E-state index contributed by atoms with van der Waals surface area (Å²) < 4.78 is 11.9. The Morgan fingerprint density at radius 2 is 0.875 bits per heavy atom. The summed E-state index contributed by atoms with van der Waals surface area (Å²) in [5.41, 5.74) is 8.14. The molecule has 0 unspecified atom stereocenters. The Morgan fingerprint density at radius 3 is 1.27 bits per heavy atom. The summed E-state index contributed by atoms with van der Waals surface area (Å²) in [6.07, 6.45) is 6.89. The van der Waals surface area contributed by atoms with Crippen molar-refractivity contribution in [2.45, 2.75) is 38.5 Å². The van der Waals surface area contributed by atoms with Gasteiger partial charge in [-0.05, 0) is 164 Å². The first-order valence-corrected chi connectivity index (χ1v) is 17.2. The minimum absolute atomic E-state index is 0.742. The van der Waals surface area contributed by atoms with Gasteiger partial charge >= 0.3 is 0 Å². The Labute approximate surface area is 284 Å². The third kappa shape index (κ3) is 8.82. The zero-order chi connectivity index (χ0) is 33.3. The molecule has 0 spiro atoms. The van der Waals surface area contributed by atoms with E-state index in [0.29, 0.717) is 0 Å². The smallest absolute Gasteiger partial charge is 0.138 e. The molecule has 250 valence electrons. The Morgan fingerprint density at radius 1 is 0.479 bits per heavy atom. The summed E-state index contributed by atoms with van der Waals surface area (Å²) in [5.74, 6) is 3.48. The number of rotatable bonds is 17. The molecule has 2 N–H and O–H groups in total. The average molecular weight is 645 g/mol. The van der Waals surface area contributed by atoms with Crippen molar-refractivity contribution in [1.82, 2.24) is 29.7 Å². The van der Waals surface area contributed by atoms with Crippen LogP contribution in [0.5, 0.6) is 11.5 Å². The predicted molar refractivity (Wildman–Crippen MR) is 198 cm³/mol. The van der Waals surface area contributed by atoms with E-state index < -0.39 is 0 Å². The molecule has 2 heterocycles. The van der Waals surface area contributed by atoms with Gasteiger partial charge in [-0.25, -0.2) is 9.97 Å². The van der Waals surface area contributed by atoms with E-state index in [1.54, 1.807) is 0 Å². The van der Waals surface area contributed by atoms with Crippen molar-refractivity contribution in [2.75, 3.05) is 54.5 Å². The Hall–Kier alpha value is -4.66. The van der Waals surface area contributed by atoms with Crippen LogP contribution in [0, 0.1) is 0 Å². The van der Waals surface area contributed by atoms with E-state index >= 15 is 0 Å². The second kappa shape index (κ2) is 16.0. The van der Waals surface area contributed by atoms with Crippen molar-refractivity contribution in [2.24, 2.45) is 0 Å². The van der Waals surface area contributed by atoms with Crippen LogP contribution in [0.1, 0.15) is 38.5 Å². The first kappa shape index (κ1) is 33.2. The number of benzene rings is 4. The number of imidazole rings is 2. The van der Waals surface area contributed by atoms with E-state index in [1.807, 2.05) is 24.3 Å². The molecular weight excluding hydrogens is 596 g/mol. The zero-order valence-electron chi connectivity index (χ0n) is 28.8. The summed E-state index contributed by atoms with van der Waals surface area (Å²) in [6.45, 7) is 3.73. The number of unbranched alkanes of at least 4 members (excludes halogenated alkanes) is 4. The number of nitrogens with zero attached hydrogens (tertiary/aromatic N) is 4. The van der Waals surface area contributed by atoms with Crippen LogP contribution in [-0.4, -0.2) is 84.2 Å². The lowest BCUT2D eigenvalue weighted by Gasteiger charge is -2.09. The molecule has 8 heteroatoms. The van der Waals surface area contributed by atoms with Crippen LogP contribution >= 0.6 is 0 Å². The molecule has 0 fully saturated rings. The molecule has 8 nitrogen and oxygen atoms in total. The topological polar surface area (TPSA) is 82.3 Å². The second-order valence-corrected chi connectivity index (χ2v) is 13.1. The molecule has 0 aliphatic carbocycles. The van der Waals surface area contributed by atoms with E-state index in [0.717, 1.165) is 107 Å². The number of aromatic nitrogens is 4. The van der Waals surface area contributed by atoms with E-state index in [4.69, 9.17) is 19.4 Å². The Bertz CT molecular complexity index is 1750. The quantitative estimate of drug-likeness (QED) is 0.0968. The van der Waals surface area contributed by atoms with Crippen LogP contribution in [-0.2, 0) is 0 Å². The Kier molecular flexibility index (Phi) is 11.1. The van der Waals surface area contributed by atoms with Crippen LogP contribution in [0.15, 0.2) is 84.9 Å². The molecule has 48 heavy (non-hydrogen) atoms. The fourth-order valence-corrected chi connectivity index (χ4v) is 5.86. The first-order chi connectivity index (χ1) is 23.4. The van der Waals surface area contributed by atoms with Gasteiger partial charge in [0.2, 0.25) is 0 Å². The van der Waals surface area contributed by atoms with Crippen LogP contribution < -0.4 is 9.47 Å². The van der Waals surface area contributed by atoms with Crippen LogP contribution in [0.3, 0.4) is 0 Å². The molecule has 0 aliphatic heterocycles. The average Bonchev–Trinajstić information content (AvgIpc) is 3.72. The summed E-state index contributed by atoms with van der Waals surface area (Å²) in [6, 6.07) is 29.1. The van der Waals surface area contributed by atoms with Crippen molar-refractivity contribution in [3.63, 3.8) is 0 Å². The molecule has 2 aromatic heterocycles. The molecule has 4 aromatic carbocycles. The van der Waals surface area contributed by atoms with Crippen molar-refractivity contribution in [1.29, 1.82) is 0 Å². The summed E-state index contributed by atoms with van der Waals surface area (Å²) in [5, 5.41) is 0. The van der Waals surface area contributed by atoms with Gasteiger partial charge in [-0.2, -0.15) is 0 Å². The maximum atomic E-state index is 5.96. The minimum Gasteiger partial charge on any atom is -0.494 e. The van der Waals surface area contributed by atoms with Crippen LogP contribution in [0.2, 0.25) is 0 Å². The molecule has 6 aromatic rings. The van der Waals surface area contributed by atoms with Crippen LogP contribution in [0.4, 0.5) is 0 Å². The predicted octanol–water partition coefficient (Wildman–Crippen LogP) is 8.66. The fraction of sp³-hybridized carbons (Fsp3) is 0.350. The van der Waals surface area contributed by atoms with Gasteiger partial charge in [-0.3, -0.25) is 0 Å². The highest BCUT2D eigenvalue weighted by Crippen LogP contribution is 2.30. The van der Waals surface area contributed by atoms with Crippen molar-refractivity contribution < 1.29 is 9.47 Å². The lowest BCUT2D eigenvalue weighted by molar-refractivity contribution is 0.299. The fourth-order valence-electron chi connectivity index (χ4n) is 5.86. The second-order valence-electron chi connectivity index (χ2n) is 13.1. The normalized spacial score (nSPS) is 11.7. The number of aromatic amines is 2. The molecule has 0 amide bonds. The van der Waals surface area contributed by atoms with Gasteiger partial charge in [-0.1, -0.05) is 12.1 Å². The maximum absolute atomic E-state index is 5.96. The minimum atomic E-state index is 0.742. The highest BCUT2D eigenvalue weighted by molar-refractivity contribution is 5.88. The zero-order valence-corrected chi connectivity index (χ0v) is 28.8. The van der Waals surface area contributed by atoms with Crippen molar-refractivity contribution in [3.05, 3.63) is 84.9 Å². The molecule has 0 aliphatic rings. The van der Waals surface area contributed by atoms with E-state index in [9.17, 15) is 0 Å². The first-order valence-electron chi connectivity index (χ1n) is 17.2. The molecule has 0 saturated carbocycles. The van der Waals surface area contributed by atoms with Gasteiger partial charge in [0.1, 0.15) is 23.1 Å². The molecule has 6 rings (SSSR count). The number of nitrogens with one attached hydrogen (secondary N) is 2. The summed E-state index contributed by atoms with van der Waals surface area (Å²) in [4.78, 5) is 21.3. The lowest BCUT2D eigenvalue weighted by atomic mass is 10.0. The van der Waals surface area contributed by atoms with Gasteiger partial charge < -0.3 is 29.2 Å². The van der Waals surface area contributed by atoms with Gasteiger partial charge in [0.25, 0.3) is 0 Å². The SMILES string of the molecule is CN(C)CCCCCOc1ccc(-c2nc3cc(-c4ccc5[nH]c(-c6ccc(OCCCCCN(C)C)cc6)nc5c4)ccc3[nH]2)cc1. The molecule has 0 radical (unpaired) electrons. The number of hydrogen-bond acceptors (Lipinski definition) is 6. The summed E-state index contributed by atoms with van der Waals surface area (Å²) in [7, 11) is 8.46. The monoisotopic (exact) mass is 644 g/mol. The van der Waals surface area contributed by atoms with E-state index in [1.165, 1.54) is 25.7 Å². The standard InChI is InChI=1S/C40H48N6O2/c1-45(2)23-7-5-9-25-47-33-17-11-29(12-18-33)39-41-35-21-15-31(27-37(35)43-39)32-16-22-36-38(28-32)44-40(42-36)30-13-19-34(20-14-30)48-26-10-6-8-24-46(3)4/h11-22,27-28H,5-10,23-26H2,1-4H3,(H,41,43)(H,42,44). The summed E-state index contributed by atoms with van der Waals surface area (Å²) >= 11 is 0. The molecular formula is C40H48N6O2. The van der Waals surface area contributed by atoms with E-state index in [2.05, 4.69) is 109 Å². The molecule has 0 bridgehead atoms. The molecule has 0 saturated heterocycles. The number of H-pyrrole nitrogens is 2. The largest absolute Gasteiger partial charge is 0.494 e. The van der Waals surface area contributed by atoms with E-state index in [-0.39, 0.29) is 0 Å². The van der Waals surface area contributed by atoms with Gasteiger partial charge in [-0.15, -0.1) is 0 Å². The third-order valence-electron chi connectivity index (χ3n) is 8.59. The number of hydrogen-bond donors (Lipinski definition) is 2. The third-order valence-corrected chi connectivity index (χ3v) is 8.59. The van der Waals surface area contributed by atoms with Gasteiger partial charge in [0.05, 0.1) is 35.3 Å². The highest BCUT2D eigenvalue weighted by atomic mass is 16.5. The van der Waals surface area contributed by atoms with Crippen LogP contribution in [0.25, 0.3) is 56.0 Å². The Balaban J connectivity index is 1.07. The molecule has 0 atom stereocenters. The number of ether oxygens (including phenoxy) is 2. The lowest BCUT2D eigenvalue weighted by Crippen LogP contribution is -2.13. The highest BCUT2D eigenvalue weighted by Gasteiger charge is 2.11. The number of fused-ring (bicyclic) bond motifs is 2. The van der Waals surface area contributed by atoms with Crippen molar-refractivity contribution in [3.8, 4) is 45.4 Å². The van der Waals surface area contributed by atoms with Gasteiger partial charge in [0, 0.05) is 11.1 Å².